The van der Waals surface area contributed by atoms with Crippen molar-refractivity contribution in [1.82, 2.24) is 0 Å². The molecule has 7 nitrogen and oxygen atoms in total. The third kappa shape index (κ3) is 3.60. The summed E-state index contributed by atoms with van der Waals surface area (Å²) in [6.45, 7) is 4.75. The summed E-state index contributed by atoms with van der Waals surface area (Å²) in [5, 5.41) is 5.64. The molecule has 28 heavy (non-hydrogen) atoms. The minimum absolute atomic E-state index is 0.0452. The van der Waals surface area contributed by atoms with Crippen molar-refractivity contribution < 1.29 is 19.1 Å². The van der Waals surface area contributed by atoms with Gasteiger partial charge < -0.3 is 25.0 Å². The Morgan fingerprint density at radius 1 is 1.00 bits per heavy atom. The molecule has 0 unspecified atom stereocenters. The van der Waals surface area contributed by atoms with E-state index >= 15 is 0 Å². The lowest BCUT2D eigenvalue weighted by atomic mass is 9.99. The fourth-order valence-electron chi connectivity index (χ4n) is 3.48. The molecule has 0 saturated heterocycles. The zero-order chi connectivity index (χ0) is 19.7. The van der Waals surface area contributed by atoms with Gasteiger partial charge >= 0.3 is 6.03 Å². The summed E-state index contributed by atoms with van der Waals surface area (Å²) < 4.78 is 10.6. The van der Waals surface area contributed by atoms with Crippen molar-refractivity contribution in [2.45, 2.75) is 26.7 Å². The molecule has 0 aliphatic carbocycles. The monoisotopic (exact) mass is 381 g/mol. The third-order valence-corrected chi connectivity index (χ3v) is 4.85. The van der Waals surface area contributed by atoms with Crippen molar-refractivity contribution in [1.29, 1.82) is 0 Å². The van der Waals surface area contributed by atoms with Crippen LogP contribution in [-0.4, -0.2) is 25.3 Å². The first kappa shape index (κ1) is 18.2. The Hall–Kier alpha value is -3.22. The summed E-state index contributed by atoms with van der Waals surface area (Å²) in [5.74, 6) is 1.36. The van der Waals surface area contributed by atoms with E-state index in [0.29, 0.717) is 22.9 Å². The minimum Gasteiger partial charge on any atom is -0.454 e. The number of urea groups is 1. The second-order valence-corrected chi connectivity index (χ2v) is 7.24. The van der Waals surface area contributed by atoms with E-state index in [1.807, 2.05) is 36.9 Å². The zero-order valence-electron chi connectivity index (χ0n) is 16.0. The molecule has 0 fully saturated rings. The van der Waals surface area contributed by atoms with Crippen molar-refractivity contribution in [2.24, 2.45) is 5.92 Å². The van der Waals surface area contributed by atoms with Gasteiger partial charge in [-0.2, -0.15) is 0 Å². The van der Waals surface area contributed by atoms with Crippen molar-refractivity contribution in [3.63, 3.8) is 0 Å². The quantitative estimate of drug-likeness (QED) is 0.842. The van der Waals surface area contributed by atoms with Gasteiger partial charge in [-0.3, -0.25) is 4.79 Å². The Labute approximate surface area is 163 Å². The van der Waals surface area contributed by atoms with E-state index in [2.05, 4.69) is 10.6 Å². The lowest BCUT2D eigenvalue weighted by molar-refractivity contribution is -0.121. The average Bonchev–Trinajstić information content (AvgIpc) is 3.14. The van der Waals surface area contributed by atoms with Crippen molar-refractivity contribution >= 4 is 29.0 Å². The fraction of sp³-hybridized carbons (Fsp3) is 0.333. The van der Waals surface area contributed by atoms with Gasteiger partial charge in [0.05, 0.1) is 0 Å². The molecule has 3 amide bonds. The number of aryl methyl sites for hydroxylation is 1. The summed E-state index contributed by atoms with van der Waals surface area (Å²) in [6, 6.07) is 10.6. The highest BCUT2D eigenvalue weighted by Crippen LogP contribution is 2.34. The molecule has 0 radical (unpaired) electrons. The molecule has 0 saturated carbocycles. The van der Waals surface area contributed by atoms with E-state index in [9.17, 15) is 9.59 Å². The van der Waals surface area contributed by atoms with Crippen molar-refractivity contribution in [3.05, 3.63) is 42.0 Å². The van der Waals surface area contributed by atoms with E-state index in [1.165, 1.54) is 0 Å². The third-order valence-electron chi connectivity index (χ3n) is 4.85. The minimum atomic E-state index is -0.343. The average molecular weight is 381 g/mol. The van der Waals surface area contributed by atoms with Crippen LogP contribution in [0.5, 0.6) is 11.5 Å². The van der Waals surface area contributed by atoms with Crippen molar-refractivity contribution in [3.8, 4) is 11.5 Å². The van der Waals surface area contributed by atoms with E-state index in [1.54, 1.807) is 18.2 Å². The number of carbonyl (C=O) groups is 2. The highest BCUT2D eigenvalue weighted by Gasteiger charge is 2.24. The van der Waals surface area contributed by atoms with Gasteiger partial charge in [0.15, 0.2) is 11.5 Å². The predicted octanol–water partition coefficient (Wildman–Crippen LogP) is 3.99. The van der Waals surface area contributed by atoms with Crippen LogP contribution in [0.3, 0.4) is 0 Å². The molecule has 2 aliphatic rings. The molecule has 0 spiro atoms. The summed E-state index contributed by atoms with van der Waals surface area (Å²) in [6.07, 6.45) is 1.80. The maximum atomic E-state index is 12.4. The maximum Gasteiger partial charge on any atom is 0.323 e. The number of amides is 3. The molecular weight excluding hydrogens is 358 g/mol. The number of fused-ring (bicyclic) bond motifs is 2. The molecule has 7 heteroatoms. The van der Waals surface area contributed by atoms with Gasteiger partial charge in [0.1, 0.15) is 0 Å². The summed E-state index contributed by atoms with van der Waals surface area (Å²) >= 11 is 0. The molecule has 4 rings (SSSR count). The zero-order valence-corrected chi connectivity index (χ0v) is 16.0. The van der Waals surface area contributed by atoms with Gasteiger partial charge in [-0.1, -0.05) is 13.8 Å². The Bertz CT molecular complexity index is 926. The standard InChI is InChI=1S/C21H23N3O4/c1-13(2)20(25)24-9-3-4-14-10-15(5-7-17(14)24)22-21(26)23-16-6-8-18-19(11-16)28-12-27-18/h5-8,10-11,13H,3-4,9,12H2,1-2H3,(H2,22,23,26). The molecular formula is C21H23N3O4. The lowest BCUT2D eigenvalue weighted by Gasteiger charge is -2.31. The number of nitrogens with one attached hydrogen (secondary N) is 2. The van der Waals surface area contributed by atoms with Gasteiger partial charge in [-0.05, 0) is 48.7 Å². The molecule has 0 atom stereocenters. The first-order valence-electron chi connectivity index (χ1n) is 9.43. The fourth-order valence-corrected chi connectivity index (χ4v) is 3.48. The van der Waals surface area contributed by atoms with Crippen LogP contribution in [0.15, 0.2) is 36.4 Å². The van der Waals surface area contributed by atoms with Gasteiger partial charge in [0.2, 0.25) is 12.7 Å². The first-order chi connectivity index (χ1) is 13.5. The molecule has 146 valence electrons. The van der Waals surface area contributed by atoms with Crippen molar-refractivity contribution in [2.75, 3.05) is 28.9 Å². The number of rotatable bonds is 3. The van der Waals surface area contributed by atoms with Crippen LogP contribution in [0.1, 0.15) is 25.8 Å². The Morgan fingerprint density at radius 2 is 1.71 bits per heavy atom. The summed E-state index contributed by atoms with van der Waals surface area (Å²) in [7, 11) is 0. The van der Waals surface area contributed by atoms with Crippen LogP contribution in [0.25, 0.3) is 0 Å². The topological polar surface area (TPSA) is 79.9 Å². The number of anilines is 3. The second kappa shape index (κ2) is 7.42. The lowest BCUT2D eigenvalue weighted by Crippen LogP contribution is -2.38. The summed E-state index contributed by atoms with van der Waals surface area (Å²) in [4.78, 5) is 26.6. The van der Waals surface area contributed by atoms with Gasteiger partial charge in [0, 0.05) is 35.6 Å². The normalized spacial score (nSPS) is 14.6. The smallest absolute Gasteiger partial charge is 0.323 e. The highest BCUT2D eigenvalue weighted by atomic mass is 16.7. The van der Waals surface area contributed by atoms with E-state index < -0.39 is 0 Å². The van der Waals surface area contributed by atoms with Crippen LogP contribution < -0.4 is 25.0 Å². The van der Waals surface area contributed by atoms with Crippen LogP contribution in [0.2, 0.25) is 0 Å². The highest BCUT2D eigenvalue weighted by molar-refractivity contribution is 6.01. The number of hydrogen-bond acceptors (Lipinski definition) is 4. The number of ether oxygens (including phenoxy) is 2. The van der Waals surface area contributed by atoms with Crippen LogP contribution in [-0.2, 0) is 11.2 Å². The molecule has 0 bridgehead atoms. The Kier molecular flexibility index (Phi) is 4.81. The van der Waals surface area contributed by atoms with Gasteiger partial charge in [-0.15, -0.1) is 0 Å². The molecule has 2 heterocycles. The molecule has 2 aliphatic heterocycles. The van der Waals surface area contributed by atoms with Crippen LogP contribution in [0.4, 0.5) is 21.9 Å². The molecule has 0 aromatic heterocycles. The second-order valence-electron chi connectivity index (χ2n) is 7.24. The number of benzene rings is 2. The molecule has 2 N–H and O–H groups in total. The van der Waals surface area contributed by atoms with Gasteiger partial charge in [0.25, 0.3) is 0 Å². The maximum absolute atomic E-state index is 12.4. The molecule has 2 aromatic carbocycles. The first-order valence-corrected chi connectivity index (χ1v) is 9.43. The van der Waals surface area contributed by atoms with E-state index in [4.69, 9.17) is 9.47 Å². The Morgan fingerprint density at radius 3 is 2.50 bits per heavy atom. The van der Waals surface area contributed by atoms with E-state index in [-0.39, 0.29) is 24.6 Å². The summed E-state index contributed by atoms with van der Waals surface area (Å²) in [5.41, 5.74) is 3.32. The van der Waals surface area contributed by atoms with Crippen LogP contribution in [0, 0.1) is 5.92 Å². The SMILES string of the molecule is CC(C)C(=O)N1CCCc2cc(NC(=O)Nc3ccc4c(c3)OCO4)ccc21. The number of hydrogen-bond donors (Lipinski definition) is 2. The van der Waals surface area contributed by atoms with Crippen LogP contribution >= 0.6 is 0 Å². The molecule has 2 aromatic rings. The number of nitrogens with zero attached hydrogens (tertiary/aromatic N) is 1. The number of carbonyl (C=O) groups excluding carboxylic acids is 2. The largest absolute Gasteiger partial charge is 0.454 e. The van der Waals surface area contributed by atoms with Gasteiger partial charge in [-0.25, -0.2) is 4.79 Å². The Balaban J connectivity index is 1.45. The van der Waals surface area contributed by atoms with E-state index in [0.717, 1.165) is 30.6 Å². The predicted molar refractivity (Wildman–Crippen MR) is 107 cm³/mol.